The molecule has 0 bridgehead atoms. The van der Waals surface area contributed by atoms with Crippen molar-refractivity contribution >= 4 is 41.8 Å². The minimum Gasteiger partial charge on any atom is -0.463 e. The van der Waals surface area contributed by atoms with Gasteiger partial charge in [0.15, 0.2) is 49.2 Å². The van der Waals surface area contributed by atoms with Gasteiger partial charge in [-0.1, -0.05) is 0 Å². The van der Waals surface area contributed by atoms with Crippen LogP contribution in [0, 0.1) is 0 Å². The average molecular weight is 651 g/mol. The van der Waals surface area contributed by atoms with Crippen molar-refractivity contribution in [3.05, 3.63) is 0 Å². The van der Waals surface area contributed by atoms with Gasteiger partial charge in [-0.15, -0.1) is 0 Å². The summed E-state index contributed by atoms with van der Waals surface area (Å²) in [7, 11) is 1.22. The summed E-state index contributed by atoms with van der Waals surface area (Å²) in [6, 6.07) is 0. The van der Waals surface area contributed by atoms with Gasteiger partial charge in [0, 0.05) is 55.6 Å². The van der Waals surface area contributed by atoms with E-state index < -0.39 is 116 Å². The molecule has 2 aliphatic heterocycles. The van der Waals surface area contributed by atoms with Crippen LogP contribution in [0.2, 0.25) is 0 Å². The second-order valence-corrected chi connectivity index (χ2v) is 9.90. The third-order valence-electron chi connectivity index (χ3n) is 6.10. The maximum absolute atomic E-state index is 12.1. The zero-order chi connectivity index (χ0) is 34.0. The van der Waals surface area contributed by atoms with E-state index in [1.54, 1.807) is 0 Å². The average Bonchev–Trinajstić information content (AvgIpc) is 2.90. The Kier molecular flexibility index (Phi) is 14.1. The van der Waals surface area contributed by atoms with Gasteiger partial charge in [0.05, 0.1) is 6.61 Å². The van der Waals surface area contributed by atoms with Crippen LogP contribution in [0.4, 0.5) is 0 Å². The van der Waals surface area contributed by atoms with Crippen molar-refractivity contribution in [1.29, 1.82) is 0 Å². The maximum Gasteiger partial charge on any atom is 0.303 e. The fourth-order valence-electron chi connectivity index (χ4n) is 4.69. The molecule has 0 aromatic carbocycles. The second kappa shape index (κ2) is 17.0. The highest BCUT2D eigenvalue weighted by Crippen LogP contribution is 2.33. The van der Waals surface area contributed by atoms with E-state index in [9.17, 15) is 33.6 Å². The molecule has 18 nitrogen and oxygen atoms in total. The minimum absolute atomic E-state index is 0.502. The Bertz CT molecular complexity index is 1110. The highest BCUT2D eigenvalue weighted by molar-refractivity contribution is 5.69. The molecule has 0 aromatic heterocycles. The van der Waals surface area contributed by atoms with Gasteiger partial charge < -0.3 is 52.1 Å². The number of hydrogen-bond donors (Lipinski definition) is 0. The Labute approximate surface area is 258 Å². The first kappa shape index (κ1) is 37.3. The minimum atomic E-state index is -1.61. The lowest BCUT2D eigenvalue weighted by molar-refractivity contribution is -0.332. The third kappa shape index (κ3) is 11.2. The van der Waals surface area contributed by atoms with Gasteiger partial charge in [-0.25, -0.2) is 0 Å². The van der Waals surface area contributed by atoms with Crippen molar-refractivity contribution < 1.29 is 85.7 Å². The predicted octanol–water partition coefficient (Wildman–Crippen LogP) is -0.747. The molecule has 2 saturated heterocycles. The summed E-state index contributed by atoms with van der Waals surface area (Å²) in [6.45, 7) is 6.49. The van der Waals surface area contributed by atoms with Gasteiger partial charge in [0.25, 0.3) is 0 Å². The van der Waals surface area contributed by atoms with Crippen LogP contribution in [0.15, 0.2) is 0 Å². The first-order chi connectivity index (χ1) is 21.0. The van der Waals surface area contributed by atoms with E-state index in [1.165, 1.54) is 7.11 Å². The summed E-state index contributed by atoms with van der Waals surface area (Å²) in [6.07, 6.45) is -14.3. The molecule has 45 heavy (non-hydrogen) atoms. The van der Waals surface area contributed by atoms with Crippen molar-refractivity contribution in [2.45, 2.75) is 110 Å². The van der Waals surface area contributed by atoms with Gasteiger partial charge in [0.2, 0.25) is 0 Å². The lowest BCUT2D eigenvalue weighted by Crippen LogP contribution is -2.65. The quantitative estimate of drug-likeness (QED) is 0.187. The molecule has 0 spiro atoms. The maximum atomic E-state index is 12.1. The lowest BCUT2D eigenvalue weighted by atomic mass is 9.97. The molecule has 10 atom stereocenters. The van der Waals surface area contributed by atoms with E-state index in [0.29, 0.717) is 0 Å². The number of hydrogen-bond acceptors (Lipinski definition) is 18. The van der Waals surface area contributed by atoms with Crippen LogP contribution >= 0.6 is 0 Å². The highest BCUT2D eigenvalue weighted by atomic mass is 16.8. The van der Waals surface area contributed by atoms with Gasteiger partial charge in [-0.2, -0.15) is 0 Å². The lowest BCUT2D eigenvalue weighted by Gasteiger charge is -2.46. The summed E-state index contributed by atoms with van der Waals surface area (Å²) < 4.78 is 60.1. The highest BCUT2D eigenvalue weighted by Gasteiger charge is 2.55. The molecule has 0 amide bonds. The number of methoxy groups -OCH3 is 1. The Hall–Kier alpha value is -3.87. The molecule has 2 heterocycles. The van der Waals surface area contributed by atoms with Gasteiger partial charge >= 0.3 is 41.8 Å². The normalized spacial score (nSPS) is 31.0. The monoisotopic (exact) mass is 650 g/mol. The number of carbonyl (C=O) groups is 7. The van der Waals surface area contributed by atoms with E-state index >= 15 is 0 Å². The molecule has 0 radical (unpaired) electrons. The molecule has 254 valence electrons. The van der Waals surface area contributed by atoms with E-state index in [1.807, 2.05) is 0 Å². The third-order valence-corrected chi connectivity index (χ3v) is 6.10. The second-order valence-electron chi connectivity index (χ2n) is 9.90. The topological polar surface area (TPSA) is 221 Å². The summed E-state index contributed by atoms with van der Waals surface area (Å²) >= 11 is 0. The van der Waals surface area contributed by atoms with Crippen LogP contribution in [-0.2, 0) is 85.7 Å². The summed E-state index contributed by atoms with van der Waals surface area (Å²) in [5.74, 6) is -5.67. The molecule has 0 saturated carbocycles. The van der Waals surface area contributed by atoms with Gasteiger partial charge in [0.1, 0.15) is 18.8 Å². The first-order valence-electron chi connectivity index (χ1n) is 13.7. The number of rotatable bonds is 12. The Morgan fingerprint density at radius 1 is 0.444 bits per heavy atom. The molecule has 0 N–H and O–H groups in total. The van der Waals surface area contributed by atoms with Crippen molar-refractivity contribution in [3.63, 3.8) is 0 Å². The molecule has 18 heteroatoms. The largest absolute Gasteiger partial charge is 0.463 e. The molecule has 0 aliphatic carbocycles. The van der Waals surface area contributed by atoms with Crippen molar-refractivity contribution in [2.75, 3.05) is 20.3 Å². The van der Waals surface area contributed by atoms with Gasteiger partial charge in [-0.3, -0.25) is 33.6 Å². The number of esters is 7. The summed E-state index contributed by atoms with van der Waals surface area (Å²) in [4.78, 5) is 83.6. The fourth-order valence-corrected chi connectivity index (χ4v) is 4.69. The molecule has 0 aromatic rings. The van der Waals surface area contributed by atoms with Crippen LogP contribution in [0.3, 0.4) is 0 Å². The Morgan fingerprint density at radius 2 is 0.778 bits per heavy atom. The zero-order valence-electron chi connectivity index (χ0n) is 26.0. The first-order valence-corrected chi connectivity index (χ1v) is 13.7. The predicted molar refractivity (Wildman–Crippen MR) is 140 cm³/mol. The van der Waals surface area contributed by atoms with E-state index in [2.05, 4.69) is 0 Å². The Balaban J connectivity index is 2.51. The van der Waals surface area contributed by atoms with Crippen molar-refractivity contribution in [1.82, 2.24) is 0 Å². The van der Waals surface area contributed by atoms with E-state index in [4.69, 9.17) is 52.1 Å². The van der Waals surface area contributed by atoms with Gasteiger partial charge in [-0.05, 0) is 0 Å². The molecular formula is C27H38O18. The van der Waals surface area contributed by atoms with E-state index in [-0.39, 0.29) is 0 Å². The number of ether oxygens (including phenoxy) is 11. The zero-order valence-corrected chi connectivity index (χ0v) is 26.0. The molecule has 2 rings (SSSR count). The standard InChI is InChI=1S/C27H38O18/c1-11(28)36-9-18-20(38-12(2)29)23(41-15(5)32)25(43-17(7)34)27(45-18)37-10-19-21(39-13(3)30)22(40-14(4)31)24(42-16(6)33)26(35-8)44-19/h18-27H,9-10H2,1-8H3/t18-,19-,20-,21-,22+,23+,24-,25-,26+,27-/m1/s1. The van der Waals surface area contributed by atoms with Crippen LogP contribution in [0.5, 0.6) is 0 Å². The molecule has 2 aliphatic rings. The summed E-state index contributed by atoms with van der Waals surface area (Å²) in [5, 5.41) is 0. The number of carbonyl (C=O) groups excluding carboxylic acids is 7. The van der Waals surface area contributed by atoms with Crippen molar-refractivity contribution in [3.8, 4) is 0 Å². The SMILES string of the molecule is CO[C@H]1O[C@H](CO[C@@H]2O[C@H](COC(C)=O)[C@@H](OC(C)=O)[C@H](OC(C)=O)[C@H]2OC(C)=O)[C@@H](OC(C)=O)[C@H](OC(C)=O)[C@H]1OC(C)=O. The fraction of sp³-hybridized carbons (Fsp3) is 0.741. The van der Waals surface area contributed by atoms with Crippen LogP contribution in [0.25, 0.3) is 0 Å². The van der Waals surface area contributed by atoms with Crippen molar-refractivity contribution in [2.24, 2.45) is 0 Å². The molecule has 2 fully saturated rings. The van der Waals surface area contributed by atoms with Crippen LogP contribution in [0.1, 0.15) is 48.5 Å². The Morgan fingerprint density at radius 3 is 1.16 bits per heavy atom. The molecular weight excluding hydrogens is 612 g/mol. The van der Waals surface area contributed by atoms with E-state index in [0.717, 1.165) is 48.5 Å². The molecule has 0 unspecified atom stereocenters. The van der Waals surface area contributed by atoms with Crippen LogP contribution < -0.4 is 0 Å². The smallest absolute Gasteiger partial charge is 0.303 e. The van der Waals surface area contributed by atoms with Crippen LogP contribution in [-0.4, -0.2) is 124 Å². The summed E-state index contributed by atoms with van der Waals surface area (Å²) in [5.41, 5.74) is 0.